The van der Waals surface area contributed by atoms with E-state index in [1.807, 2.05) is 13.8 Å². The number of rotatable bonds is 7. The lowest BCUT2D eigenvalue weighted by Gasteiger charge is -2.29. The number of carbonyl (C=O) groups is 1. The van der Waals surface area contributed by atoms with Crippen LogP contribution in [-0.4, -0.2) is 37.7 Å². The fourth-order valence-electron chi connectivity index (χ4n) is 3.27. The van der Waals surface area contributed by atoms with Crippen molar-refractivity contribution in [3.05, 3.63) is 35.4 Å². The molecular formula is C20H29F2N3O2. The minimum absolute atomic E-state index is 0.0153. The molecular weight excluding hydrogens is 352 g/mol. The molecule has 1 saturated carbocycles. The lowest BCUT2D eigenvalue weighted by atomic mass is 9.86. The van der Waals surface area contributed by atoms with Crippen LogP contribution in [0.3, 0.4) is 0 Å². The summed E-state index contributed by atoms with van der Waals surface area (Å²) in [6.07, 6.45) is 3.66. The average Bonchev–Trinajstić information content (AvgIpc) is 2.65. The molecule has 0 amide bonds. The number of hydrogen-bond acceptors (Lipinski definition) is 3. The van der Waals surface area contributed by atoms with Crippen LogP contribution in [0.1, 0.15) is 45.1 Å². The smallest absolute Gasteiger partial charge is 0.308 e. The number of nitrogens with zero attached hydrogens (tertiary/aromatic N) is 1. The Hall–Kier alpha value is -2.18. The molecule has 1 aromatic rings. The number of guanidine groups is 1. The van der Waals surface area contributed by atoms with Gasteiger partial charge in [-0.05, 0) is 69.7 Å². The fourth-order valence-corrected chi connectivity index (χ4v) is 3.27. The first-order valence-corrected chi connectivity index (χ1v) is 9.68. The molecule has 0 atom stereocenters. The number of benzene rings is 1. The van der Waals surface area contributed by atoms with Gasteiger partial charge in [-0.2, -0.15) is 0 Å². The van der Waals surface area contributed by atoms with Gasteiger partial charge in [0, 0.05) is 19.1 Å². The van der Waals surface area contributed by atoms with Gasteiger partial charge in [-0.25, -0.2) is 8.78 Å². The molecule has 0 bridgehead atoms. The highest BCUT2D eigenvalue weighted by Crippen LogP contribution is 2.25. The summed E-state index contributed by atoms with van der Waals surface area (Å²) in [5.41, 5.74) is 0.324. The Morgan fingerprint density at radius 1 is 1.22 bits per heavy atom. The van der Waals surface area contributed by atoms with Gasteiger partial charge in [0.25, 0.3) is 0 Å². The second-order valence-corrected chi connectivity index (χ2v) is 6.69. The summed E-state index contributed by atoms with van der Waals surface area (Å²) in [7, 11) is 0. The molecule has 0 radical (unpaired) electrons. The van der Waals surface area contributed by atoms with Crippen LogP contribution in [0.25, 0.3) is 0 Å². The quantitative estimate of drug-likeness (QED) is 0.433. The number of ether oxygens (including phenoxy) is 1. The first-order chi connectivity index (χ1) is 13.0. The lowest BCUT2D eigenvalue weighted by Crippen LogP contribution is -2.45. The zero-order chi connectivity index (χ0) is 19.6. The van der Waals surface area contributed by atoms with Gasteiger partial charge in [-0.3, -0.25) is 9.79 Å². The molecule has 7 heteroatoms. The molecule has 0 saturated heterocycles. The predicted molar refractivity (Wildman–Crippen MR) is 102 cm³/mol. The maximum Gasteiger partial charge on any atom is 0.308 e. The van der Waals surface area contributed by atoms with Gasteiger partial charge in [0.1, 0.15) is 11.6 Å². The standard InChI is InChI=1S/C20H29F2N3O2/c1-3-23-20(24-12-11-15-13-16(21)7-10-18(15)22)25-17-8-5-14(6-9-17)19(26)27-4-2/h7,10,13-14,17H,3-6,8-9,11-12H2,1-2H3,(H2,23,24,25). The van der Waals surface area contributed by atoms with Crippen LogP contribution in [0.2, 0.25) is 0 Å². The molecule has 1 fully saturated rings. The Labute approximate surface area is 159 Å². The number of hydrogen-bond donors (Lipinski definition) is 2. The van der Waals surface area contributed by atoms with E-state index in [0.29, 0.717) is 37.6 Å². The van der Waals surface area contributed by atoms with Crippen molar-refractivity contribution in [3.8, 4) is 0 Å². The summed E-state index contributed by atoms with van der Waals surface area (Å²) in [5, 5.41) is 6.56. The van der Waals surface area contributed by atoms with Crippen molar-refractivity contribution in [1.82, 2.24) is 10.6 Å². The number of aliphatic imine (C=N–C) groups is 1. The second kappa shape index (κ2) is 10.8. The third-order valence-electron chi connectivity index (χ3n) is 4.69. The van der Waals surface area contributed by atoms with Crippen molar-refractivity contribution in [2.24, 2.45) is 10.9 Å². The van der Waals surface area contributed by atoms with Crippen LogP contribution in [0.4, 0.5) is 8.78 Å². The first-order valence-electron chi connectivity index (χ1n) is 9.68. The van der Waals surface area contributed by atoms with Crippen LogP contribution in [0, 0.1) is 17.6 Å². The largest absolute Gasteiger partial charge is 0.466 e. The zero-order valence-corrected chi connectivity index (χ0v) is 16.1. The Bertz CT molecular complexity index is 644. The minimum atomic E-state index is -0.446. The highest BCUT2D eigenvalue weighted by atomic mass is 19.1. The maximum absolute atomic E-state index is 13.7. The molecule has 0 spiro atoms. The zero-order valence-electron chi connectivity index (χ0n) is 16.1. The molecule has 2 N–H and O–H groups in total. The summed E-state index contributed by atoms with van der Waals surface area (Å²) in [6.45, 7) is 5.27. The average molecular weight is 381 g/mol. The van der Waals surface area contributed by atoms with Gasteiger partial charge in [0.15, 0.2) is 5.96 Å². The molecule has 1 aliphatic rings. The molecule has 1 aromatic carbocycles. The normalized spacial score (nSPS) is 20.2. The molecule has 0 aliphatic heterocycles. The summed E-state index contributed by atoms with van der Waals surface area (Å²) >= 11 is 0. The van der Waals surface area contributed by atoms with Crippen molar-refractivity contribution < 1.29 is 18.3 Å². The van der Waals surface area contributed by atoms with Gasteiger partial charge < -0.3 is 15.4 Å². The summed E-state index contributed by atoms with van der Waals surface area (Å²) in [6, 6.07) is 3.70. The van der Waals surface area contributed by atoms with Gasteiger partial charge in [0.2, 0.25) is 0 Å². The summed E-state index contributed by atoms with van der Waals surface area (Å²) in [4.78, 5) is 16.3. The minimum Gasteiger partial charge on any atom is -0.466 e. The third-order valence-corrected chi connectivity index (χ3v) is 4.69. The number of esters is 1. The van der Waals surface area contributed by atoms with E-state index in [1.165, 1.54) is 6.07 Å². The van der Waals surface area contributed by atoms with E-state index in [9.17, 15) is 13.6 Å². The third kappa shape index (κ3) is 6.81. The number of carbonyl (C=O) groups excluding carboxylic acids is 1. The number of halogens is 2. The van der Waals surface area contributed by atoms with Crippen LogP contribution >= 0.6 is 0 Å². The van der Waals surface area contributed by atoms with E-state index < -0.39 is 11.6 Å². The van der Waals surface area contributed by atoms with Crippen LogP contribution in [0.15, 0.2) is 23.2 Å². The summed E-state index contributed by atoms with van der Waals surface area (Å²) < 4.78 is 32.0. The Morgan fingerprint density at radius 3 is 2.63 bits per heavy atom. The van der Waals surface area contributed by atoms with Gasteiger partial charge in [-0.15, -0.1) is 0 Å². The van der Waals surface area contributed by atoms with Gasteiger partial charge in [0.05, 0.1) is 12.5 Å². The molecule has 2 rings (SSSR count). The molecule has 27 heavy (non-hydrogen) atoms. The fraction of sp³-hybridized carbons (Fsp3) is 0.600. The van der Waals surface area contributed by atoms with Gasteiger partial charge in [-0.1, -0.05) is 0 Å². The van der Waals surface area contributed by atoms with E-state index >= 15 is 0 Å². The topological polar surface area (TPSA) is 62.7 Å². The van der Waals surface area contributed by atoms with Gasteiger partial charge >= 0.3 is 5.97 Å². The highest BCUT2D eigenvalue weighted by Gasteiger charge is 2.27. The van der Waals surface area contributed by atoms with Crippen LogP contribution < -0.4 is 10.6 Å². The number of nitrogens with one attached hydrogen (secondary N) is 2. The monoisotopic (exact) mass is 381 g/mol. The Kier molecular flexibility index (Phi) is 8.48. The van der Waals surface area contributed by atoms with Crippen molar-refractivity contribution in [2.75, 3.05) is 19.7 Å². The Morgan fingerprint density at radius 2 is 1.96 bits per heavy atom. The molecule has 1 aliphatic carbocycles. The van der Waals surface area contributed by atoms with E-state index in [4.69, 9.17) is 4.74 Å². The first kappa shape index (κ1) is 21.1. The second-order valence-electron chi connectivity index (χ2n) is 6.69. The van der Waals surface area contributed by atoms with Crippen molar-refractivity contribution in [3.63, 3.8) is 0 Å². The molecule has 5 nitrogen and oxygen atoms in total. The van der Waals surface area contributed by atoms with Crippen LogP contribution in [0.5, 0.6) is 0 Å². The highest BCUT2D eigenvalue weighted by molar-refractivity contribution is 5.80. The van der Waals surface area contributed by atoms with E-state index in [1.54, 1.807) is 0 Å². The van der Waals surface area contributed by atoms with E-state index in [2.05, 4.69) is 15.6 Å². The lowest BCUT2D eigenvalue weighted by molar-refractivity contribution is -0.149. The van der Waals surface area contributed by atoms with E-state index in [-0.39, 0.29) is 17.9 Å². The SMILES string of the molecule is CCNC(=NCCc1cc(F)ccc1F)NC1CCC(C(=O)OCC)CC1. The molecule has 0 heterocycles. The predicted octanol–water partition coefficient (Wildman–Crippen LogP) is 3.18. The Balaban J connectivity index is 1.85. The van der Waals surface area contributed by atoms with Crippen molar-refractivity contribution >= 4 is 11.9 Å². The molecule has 0 unspecified atom stereocenters. The molecule has 0 aromatic heterocycles. The molecule has 150 valence electrons. The van der Waals surface area contributed by atoms with E-state index in [0.717, 1.165) is 37.8 Å². The van der Waals surface area contributed by atoms with Crippen LogP contribution in [-0.2, 0) is 16.0 Å². The van der Waals surface area contributed by atoms with Crippen molar-refractivity contribution in [1.29, 1.82) is 0 Å². The summed E-state index contributed by atoms with van der Waals surface area (Å²) in [5.74, 6) is -0.318. The maximum atomic E-state index is 13.7. The van der Waals surface area contributed by atoms with Crippen molar-refractivity contribution in [2.45, 2.75) is 52.0 Å².